The quantitative estimate of drug-likeness (QED) is 0.783. The number of nitriles is 1. The first-order chi connectivity index (χ1) is 7.57. The fourth-order valence-electron chi connectivity index (χ4n) is 2.21. The summed E-state index contributed by atoms with van der Waals surface area (Å²) in [6.45, 7) is 0.505. The lowest BCUT2D eigenvalue weighted by molar-refractivity contribution is -0.131. The zero-order valence-electron chi connectivity index (χ0n) is 10.0. The standard InChI is InChI=1S/C12H21N3O/c1-15(9-5-8-13)11(16)10-12(14)6-3-2-4-7-12/h2-7,9-10,14H2,1H3. The number of rotatable bonds is 4. The summed E-state index contributed by atoms with van der Waals surface area (Å²) in [5.74, 6) is 0.0691. The van der Waals surface area contributed by atoms with Gasteiger partial charge in [0.2, 0.25) is 5.91 Å². The van der Waals surface area contributed by atoms with Crippen LogP contribution in [0, 0.1) is 11.3 Å². The molecule has 1 rings (SSSR count). The van der Waals surface area contributed by atoms with Crippen molar-refractivity contribution < 1.29 is 4.79 Å². The maximum absolute atomic E-state index is 11.9. The van der Waals surface area contributed by atoms with Gasteiger partial charge in [0, 0.05) is 25.6 Å². The first kappa shape index (κ1) is 13.0. The van der Waals surface area contributed by atoms with Gasteiger partial charge in [-0.25, -0.2) is 0 Å². The van der Waals surface area contributed by atoms with Gasteiger partial charge in [-0.15, -0.1) is 0 Å². The maximum Gasteiger partial charge on any atom is 0.224 e. The maximum atomic E-state index is 11.9. The van der Waals surface area contributed by atoms with E-state index in [0.29, 0.717) is 19.4 Å². The predicted octanol–water partition coefficient (Wildman–Crippen LogP) is 1.41. The second-order valence-electron chi connectivity index (χ2n) is 4.82. The molecule has 4 nitrogen and oxygen atoms in total. The molecule has 0 spiro atoms. The summed E-state index contributed by atoms with van der Waals surface area (Å²) in [5, 5.41) is 8.46. The minimum Gasteiger partial charge on any atom is -0.345 e. The van der Waals surface area contributed by atoms with Gasteiger partial charge in [-0.1, -0.05) is 19.3 Å². The Morgan fingerprint density at radius 3 is 2.62 bits per heavy atom. The Bertz CT molecular complexity index is 276. The Labute approximate surface area is 97.4 Å². The third kappa shape index (κ3) is 3.82. The zero-order chi connectivity index (χ0) is 12.0. The van der Waals surface area contributed by atoms with Crippen LogP contribution in [-0.2, 0) is 4.79 Å². The van der Waals surface area contributed by atoms with Gasteiger partial charge >= 0.3 is 0 Å². The van der Waals surface area contributed by atoms with E-state index in [9.17, 15) is 4.79 Å². The molecule has 1 saturated carbocycles. The van der Waals surface area contributed by atoms with Crippen molar-refractivity contribution in [2.24, 2.45) is 5.73 Å². The van der Waals surface area contributed by atoms with Crippen LogP contribution in [0.1, 0.15) is 44.9 Å². The van der Waals surface area contributed by atoms with Crippen molar-refractivity contribution in [2.45, 2.75) is 50.5 Å². The molecule has 2 N–H and O–H groups in total. The first-order valence-corrected chi connectivity index (χ1v) is 5.97. The first-order valence-electron chi connectivity index (χ1n) is 5.97. The number of hydrogen-bond donors (Lipinski definition) is 1. The summed E-state index contributed by atoms with van der Waals surface area (Å²) in [5.41, 5.74) is 5.92. The molecule has 0 aliphatic heterocycles. The number of nitrogens with zero attached hydrogens (tertiary/aromatic N) is 2. The van der Waals surface area contributed by atoms with E-state index < -0.39 is 0 Å². The smallest absolute Gasteiger partial charge is 0.224 e. The molecular formula is C12H21N3O. The lowest BCUT2D eigenvalue weighted by atomic mass is 9.80. The van der Waals surface area contributed by atoms with Crippen LogP contribution >= 0.6 is 0 Å². The number of carbonyl (C=O) groups excluding carboxylic acids is 1. The van der Waals surface area contributed by atoms with Gasteiger partial charge in [-0.05, 0) is 12.8 Å². The fourth-order valence-corrected chi connectivity index (χ4v) is 2.21. The van der Waals surface area contributed by atoms with Crippen molar-refractivity contribution in [2.75, 3.05) is 13.6 Å². The van der Waals surface area contributed by atoms with E-state index in [2.05, 4.69) is 0 Å². The van der Waals surface area contributed by atoms with Gasteiger partial charge in [-0.2, -0.15) is 5.26 Å². The van der Waals surface area contributed by atoms with Crippen LogP contribution in [0.5, 0.6) is 0 Å². The van der Waals surface area contributed by atoms with Crippen LogP contribution in [0.25, 0.3) is 0 Å². The van der Waals surface area contributed by atoms with E-state index in [0.717, 1.165) is 25.7 Å². The molecule has 0 saturated heterocycles. The van der Waals surface area contributed by atoms with Gasteiger partial charge in [0.15, 0.2) is 0 Å². The third-order valence-electron chi connectivity index (χ3n) is 3.34. The van der Waals surface area contributed by atoms with Crippen molar-refractivity contribution in [3.63, 3.8) is 0 Å². The van der Waals surface area contributed by atoms with Crippen LogP contribution in [0.2, 0.25) is 0 Å². The molecule has 1 amide bonds. The van der Waals surface area contributed by atoms with E-state index in [1.807, 2.05) is 6.07 Å². The second-order valence-corrected chi connectivity index (χ2v) is 4.82. The highest BCUT2D eigenvalue weighted by molar-refractivity contribution is 5.77. The van der Waals surface area contributed by atoms with Crippen molar-refractivity contribution in [3.8, 4) is 6.07 Å². The lowest BCUT2D eigenvalue weighted by Crippen LogP contribution is -2.46. The molecule has 0 aromatic carbocycles. The zero-order valence-corrected chi connectivity index (χ0v) is 10.0. The van der Waals surface area contributed by atoms with Gasteiger partial charge in [0.25, 0.3) is 0 Å². The number of amides is 1. The van der Waals surface area contributed by atoms with Crippen molar-refractivity contribution >= 4 is 5.91 Å². The van der Waals surface area contributed by atoms with E-state index in [1.165, 1.54) is 6.42 Å². The Morgan fingerprint density at radius 1 is 1.44 bits per heavy atom. The average molecular weight is 223 g/mol. The monoisotopic (exact) mass is 223 g/mol. The molecule has 4 heteroatoms. The minimum atomic E-state index is -0.295. The van der Waals surface area contributed by atoms with Crippen LogP contribution in [-0.4, -0.2) is 29.9 Å². The number of nitrogens with two attached hydrogens (primary N) is 1. The molecule has 16 heavy (non-hydrogen) atoms. The summed E-state index contributed by atoms with van der Waals surface area (Å²) < 4.78 is 0. The predicted molar refractivity (Wildman–Crippen MR) is 62.5 cm³/mol. The highest BCUT2D eigenvalue weighted by Gasteiger charge is 2.30. The molecule has 0 atom stereocenters. The third-order valence-corrected chi connectivity index (χ3v) is 3.34. The normalized spacial score (nSPS) is 18.8. The van der Waals surface area contributed by atoms with Gasteiger partial charge < -0.3 is 10.6 Å². The summed E-state index contributed by atoms with van der Waals surface area (Å²) in [4.78, 5) is 13.5. The molecule has 0 radical (unpaired) electrons. The molecule has 0 unspecified atom stereocenters. The van der Waals surface area contributed by atoms with E-state index in [4.69, 9.17) is 11.0 Å². The molecule has 1 aliphatic carbocycles. The SMILES string of the molecule is CN(CCC#N)C(=O)CC1(N)CCCCC1. The summed E-state index contributed by atoms with van der Waals surface area (Å²) in [7, 11) is 1.74. The molecule has 90 valence electrons. The molecule has 0 aromatic rings. The van der Waals surface area contributed by atoms with Crippen LogP contribution in [0.4, 0.5) is 0 Å². The van der Waals surface area contributed by atoms with E-state index >= 15 is 0 Å². The highest BCUT2D eigenvalue weighted by atomic mass is 16.2. The van der Waals surface area contributed by atoms with Crippen molar-refractivity contribution in [1.82, 2.24) is 4.90 Å². The Hall–Kier alpha value is -1.08. The summed E-state index contributed by atoms with van der Waals surface area (Å²) >= 11 is 0. The summed E-state index contributed by atoms with van der Waals surface area (Å²) in [6, 6.07) is 2.04. The molecule has 0 aromatic heterocycles. The van der Waals surface area contributed by atoms with Crippen molar-refractivity contribution in [3.05, 3.63) is 0 Å². The minimum absolute atomic E-state index is 0.0691. The number of carbonyl (C=O) groups is 1. The van der Waals surface area contributed by atoms with E-state index in [1.54, 1.807) is 11.9 Å². The molecule has 0 bridgehead atoms. The Morgan fingerprint density at radius 2 is 2.06 bits per heavy atom. The van der Waals surface area contributed by atoms with Crippen molar-refractivity contribution in [1.29, 1.82) is 5.26 Å². The van der Waals surface area contributed by atoms with Crippen LogP contribution < -0.4 is 5.73 Å². The topological polar surface area (TPSA) is 70.1 Å². The summed E-state index contributed by atoms with van der Waals surface area (Å²) in [6.07, 6.45) is 6.21. The van der Waals surface area contributed by atoms with Crippen LogP contribution in [0.15, 0.2) is 0 Å². The molecular weight excluding hydrogens is 202 g/mol. The molecule has 1 fully saturated rings. The van der Waals surface area contributed by atoms with Gasteiger partial charge in [0.1, 0.15) is 0 Å². The fraction of sp³-hybridized carbons (Fsp3) is 0.833. The van der Waals surface area contributed by atoms with Gasteiger partial charge in [-0.3, -0.25) is 4.79 Å². The molecule has 1 aliphatic rings. The second kappa shape index (κ2) is 5.86. The van der Waals surface area contributed by atoms with Gasteiger partial charge in [0.05, 0.1) is 12.5 Å². The highest BCUT2D eigenvalue weighted by Crippen LogP contribution is 2.28. The number of hydrogen-bond acceptors (Lipinski definition) is 3. The Balaban J connectivity index is 2.40. The van der Waals surface area contributed by atoms with Crippen LogP contribution in [0.3, 0.4) is 0 Å². The Kier molecular flexibility index (Phi) is 4.75. The lowest BCUT2D eigenvalue weighted by Gasteiger charge is -2.34. The molecule has 0 heterocycles. The largest absolute Gasteiger partial charge is 0.345 e. The van der Waals surface area contributed by atoms with E-state index in [-0.39, 0.29) is 11.4 Å². The average Bonchev–Trinajstić information content (AvgIpc) is 2.26.